The van der Waals surface area contributed by atoms with Crippen molar-refractivity contribution >= 4 is 23.5 Å². The first kappa shape index (κ1) is 19.5. The monoisotopic (exact) mass is 373 g/mol. The lowest BCUT2D eigenvalue weighted by atomic mass is 10.1. The van der Waals surface area contributed by atoms with Gasteiger partial charge >= 0.3 is 5.97 Å². The van der Waals surface area contributed by atoms with Crippen molar-refractivity contribution < 1.29 is 28.6 Å². The van der Waals surface area contributed by atoms with Gasteiger partial charge in [-0.3, -0.25) is 9.59 Å². The average molecular weight is 374 g/mol. The topological polar surface area (TPSA) is 76.1 Å². The molecular formula is C17H21ClFNO5. The van der Waals surface area contributed by atoms with Crippen LogP contribution in [0.25, 0.3) is 0 Å². The maximum Gasteiger partial charge on any atom is 0.305 e. The Morgan fingerprint density at radius 1 is 1.44 bits per heavy atom. The van der Waals surface area contributed by atoms with Crippen molar-refractivity contribution in [1.29, 1.82) is 0 Å². The Morgan fingerprint density at radius 2 is 2.12 bits per heavy atom. The van der Waals surface area contributed by atoms with Crippen LogP contribution in [0.3, 0.4) is 0 Å². The highest BCUT2D eigenvalue weighted by atomic mass is 35.5. The number of amides is 1. The van der Waals surface area contributed by atoms with Crippen molar-refractivity contribution in [1.82, 2.24) is 4.90 Å². The van der Waals surface area contributed by atoms with Gasteiger partial charge in [0.2, 0.25) is 0 Å². The zero-order valence-corrected chi connectivity index (χ0v) is 14.7. The maximum absolute atomic E-state index is 13.1. The lowest BCUT2D eigenvalue weighted by Crippen LogP contribution is -2.49. The molecule has 8 heteroatoms. The van der Waals surface area contributed by atoms with E-state index in [-0.39, 0.29) is 35.7 Å². The molecule has 0 aromatic heterocycles. The van der Waals surface area contributed by atoms with Gasteiger partial charge < -0.3 is 19.5 Å². The van der Waals surface area contributed by atoms with E-state index in [1.807, 2.05) is 0 Å². The predicted octanol–water partition coefficient (Wildman–Crippen LogP) is 2.73. The summed E-state index contributed by atoms with van der Waals surface area (Å²) >= 11 is 5.93. The van der Waals surface area contributed by atoms with E-state index in [2.05, 4.69) is 0 Å². The van der Waals surface area contributed by atoms with Gasteiger partial charge in [0, 0.05) is 25.8 Å². The molecule has 1 fully saturated rings. The number of aliphatic carboxylic acids is 1. The molecule has 1 atom stereocenters. The highest BCUT2D eigenvalue weighted by molar-refractivity contribution is 6.32. The molecule has 0 aliphatic carbocycles. The molecule has 1 saturated heterocycles. The van der Waals surface area contributed by atoms with Crippen LogP contribution < -0.4 is 4.74 Å². The summed E-state index contributed by atoms with van der Waals surface area (Å²) in [7, 11) is 0. The molecule has 25 heavy (non-hydrogen) atoms. The number of carboxylic acids is 1. The Kier molecular flexibility index (Phi) is 7.01. The molecule has 0 spiro atoms. The highest BCUT2D eigenvalue weighted by Gasteiger charge is 2.30. The summed E-state index contributed by atoms with van der Waals surface area (Å²) in [6, 6.07) is 3.57. The molecule has 1 aromatic carbocycles. The van der Waals surface area contributed by atoms with Crippen molar-refractivity contribution in [3.8, 4) is 5.75 Å². The van der Waals surface area contributed by atoms with Crippen LogP contribution in [-0.4, -0.2) is 53.8 Å². The summed E-state index contributed by atoms with van der Waals surface area (Å²) < 4.78 is 24.0. The van der Waals surface area contributed by atoms with Crippen LogP contribution in [0.5, 0.6) is 5.75 Å². The first-order chi connectivity index (χ1) is 11.9. The van der Waals surface area contributed by atoms with Crippen molar-refractivity contribution in [2.45, 2.75) is 38.3 Å². The van der Waals surface area contributed by atoms with Gasteiger partial charge in [0.1, 0.15) is 11.6 Å². The Bertz CT molecular complexity index is 621. The van der Waals surface area contributed by atoms with Crippen LogP contribution in [0.1, 0.15) is 26.2 Å². The summed E-state index contributed by atoms with van der Waals surface area (Å²) in [4.78, 5) is 25.2. The molecule has 0 saturated carbocycles. The number of nitrogens with zero attached hydrogens (tertiary/aromatic N) is 1. The molecule has 138 valence electrons. The molecule has 1 aromatic rings. The second-order valence-electron chi connectivity index (χ2n) is 5.85. The molecule has 1 N–H and O–H groups in total. The SMILES string of the molecule is CC(Oc1ccc(F)cc1Cl)C(=O)N(CCC(=O)O)C1CCOCC1. The van der Waals surface area contributed by atoms with Crippen LogP contribution in [0, 0.1) is 5.82 Å². The second-order valence-corrected chi connectivity index (χ2v) is 6.26. The molecule has 1 aliphatic heterocycles. The van der Waals surface area contributed by atoms with E-state index in [0.29, 0.717) is 26.1 Å². The zero-order valence-electron chi connectivity index (χ0n) is 13.9. The number of hydrogen-bond acceptors (Lipinski definition) is 4. The minimum absolute atomic E-state index is 0.0720. The van der Waals surface area contributed by atoms with Gasteiger partial charge in [-0.05, 0) is 38.0 Å². The van der Waals surface area contributed by atoms with E-state index in [4.69, 9.17) is 26.2 Å². The molecule has 1 aliphatic rings. The summed E-state index contributed by atoms with van der Waals surface area (Å²) in [6.07, 6.45) is 0.275. The molecule has 1 unspecified atom stereocenters. The van der Waals surface area contributed by atoms with E-state index in [9.17, 15) is 14.0 Å². The summed E-state index contributed by atoms with van der Waals surface area (Å²) in [5.41, 5.74) is 0. The first-order valence-corrected chi connectivity index (χ1v) is 8.48. The third-order valence-corrected chi connectivity index (χ3v) is 4.32. The van der Waals surface area contributed by atoms with E-state index < -0.39 is 17.9 Å². The quantitative estimate of drug-likeness (QED) is 0.795. The van der Waals surface area contributed by atoms with Crippen molar-refractivity contribution in [2.24, 2.45) is 0 Å². The van der Waals surface area contributed by atoms with Gasteiger partial charge in [-0.1, -0.05) is 11.6 Å². The lowest BCUT2D eigenvalue weighted by Gasteiger charge is -2.35. The van der Waals surface area contributed by atoms with E-state index in [1.165, 1.54) is 12.1 Å². The molecule has 0 radical (unpaired) electrons. The average Bonchev–Trinajstić information content (AvgIpc) is 2.58. The van der Waals surface area contributed by atoms with Gasteiger partial charge in [-0.2, -0.15) is 0 Å². The molecule has 1 amide bonds. The fourth-order valence-electron chi connectivity index (χ4n) is 2.73. The number of ether oxygens (including phenoxy) is 2. The van der Waals surface area contributed by atoms with Crippen molar-refractivity contribution in [2.75, 3.05) is 19.8 Å². The molecule has 0 bridgehead atoms. The largest absolute Gasteiger partial charge is 0.481 e. The third kappa shape index (κ3) is 5.57. The van der Waals surface area contributed by atoms with E-state index in [1.54, 1.807) is 11.8 Å². The molecular weight excluding hydrogens is 353 g/mol. The highest BCUT2D eigenvalue weighted by Crippen LogP contribution is 2.26. The van der Waals surface area contributed by atoms with Gasteiger partial charge in [0.15, 0.2) is 6.10 Å². The molecule has 6 nitrogen and oxygen atoms in total. The first-order valence-electron chi connectivity index (χ1n) is 8.10. The Labute approximate surface area is 150 Å². The van der Waals surface area contributed by atoms with Gasteiger partial charge in [-0.15, -0.1) is 0 Å². The second kappa shape index (κ2) is 9.01. The van der Waals surface area contributed by atoms with Crippen LogP contribution in [0.15, 0.2) is 18.2 Å². The minimum Gasteiger partial charge on any atom is -0.481 e. The fraction of sp³-hybridized carbons (Fsp3) is 0.529. The lowest BCUT2D eigenvalue weighted by molar-refractivity contribution is -0.144. The summed E-state index contributed by atoms with van der Waals surface area (Å²) in [6.45, 7) is 2.72. The predicted molar refractivity (Wildman–Crippen MR) is 89.3 cm³/mol. The number of carbonyl (C=O) groups excluding carboxylic acids is 1. The number of carbonyl (C=O) groups is 2. The van der Waals surface area contributed by atoms with Crippen LogP contribution in [0.4, 0.5) is 4.39 Å². The van der Waals surface area contributed by atoms with Crippen LogP contribution in [0.2, 0.25) is 5.02 Å². The maximum atomic E-state index is 13.1. The van der Waals surface area contributed by atoms with Crippen molar-refractivity contribution in [3.63, 3.8) is 0 Å². The van der Waals surface area contributed by atoms with Crippen LogP contribution >= 0.6 is 11.6 Å². The van der Waals surface area contributed by atoms with Gasteiger partial charge in [-0.25, -0.2) is 4.39 Å². The number of halogens is 2. The summed E-state index contributed by atoms with van der Waals surface area (Å²) in [5, 5.41) is 9.00. The standard InChI is InChI=1S/C17H21ClFNO5/c1-11(25-15-3-2-12(19)10-14(15)18)17(23)20(7-4-16(21)22)13-5-8-24-9-6-13/h2-3,10-11,13H,4-9H2,1H3,(H,21,22). The fourth-order valence-corrected chi connectivity index (χ4v) is 2.94. The van der Waals surface area contributed by atoms with Gasteiger partial charge in [0.25, 0.3) is 5.91 Å². The third-order valence-electron chi connectivity index (χ3n) is 4.03. The molecule has 1 heterocycles. The zero-order chi connectivity index (χ0) is 18.4. The number of rotatable bonds is 7. The normalized spacial score (nSPS) is 16.3. The smallest absolute Gasteiger partial charge is 0.305 e. The number of benzene rings is 1. The van der Waals surface area contributed by atoms with E-state index in [0.717, 1.165) is 6.07 Å². The number of hydrogen-bond donors (Lipinski definition) is 1. The Hall–Kier alpha value is -1.86. The summed E-state index contributed by atoms with van der Waals surface area (Å²) in [5.74, 6) is -1.59. The van der Waals surface area contributed by atoms with Crippen LogP contribution in [-0.2, 0) is 14.3 Å². The molecule has 2 rings (SSSR count). The van der Waals surface area contributed by atoms with Crippen molar-refractivity contribution in [3.05, 3.63) is 29.0 Å². The van der Waals surface area contributed by atoms with E-state index >= 15 is 0 Å². The number of carboxylic acid groups (broad SMARTS) is 1. The Balaban J connectivity index is 2.08. The minimum atomic E-state index is -0.972. The Morgan fingerprint density at radius 3 is 2.72 bits per heavy atom. The van der Waals surface area contributed by atoms with Gasteiger partial charge in [0.05, 0.1) is 11.4 Å².